The molecule has 0 spiro atoms. The van der Waals surface area contributed by atoms with Gasteiger partial charge in [0.25, 0.3) is 0 Å². The zero-order valence-electron chi connectivity index (χ0n) is 12.5. The third-order valence-electron chi connectivity index (χ3n) is 2.97. The van der Waals surface area contributed by atoms with Gasteiger partial charge in [0.1, 0.15) is 11.8 Å². The summed E-state index contributed by atoms with van der Waals surface area (Å²) < 4.78 is 5.07. The molecule has 0 fully saturated rings. The SMILES string of the molecule is Cc1cccc(NC(=O)[C@H](C)NC(=O)Oc2ccccc2)c1. The average molecular weight is 298 g/mol. The molecule has 22 heavy (non-hydrogen) atoms. The maximum Gasteiger partial charge on any atom is 0.413 e. The zero-order valence-corrected chi connectivity index (χ0v) is 12.5. The van der Waals surface area contributed by atoms with Gasteiger partial charge in [0.05, 0.1) is 0 Å². The second kappa shape index (κ2) is 7.26. The van der Waals surface area contributed by atoms with Crippen LogP contribution in [0.1, 0.15) is 12.5 Å². The third kappa shape index (κ3) is 4.63. The molecule has 0 aliphatic carbocycles. The lowest BCUT2D eigenvalue weighted by Gasteiger charge is -2.14. The van der Waals surface area contributed by atoms with Crippen LogP contribution in [-0.2, 0) is 4.79 Å². The minimum Gasteiger partial charge on any atom is -0.410 e. The first kappa shape index (κ1) is 15.6. The highest BCUT2D eigenvalue weighted by molar-refractivity contribution is 5.96. The predicted molar refractivity (Wildman–Crippen MR) is 84.9 cm³/mol. The third-order valence-corrected chi connectivity index (χ3v) is 2.97. The lowest BCUT2D eigenvalue weighted by molar-refractivity contribution is -0.117. The number of benzene rings is 2. The molecule has 0 bridgehead atoms. The molecule has 0 saturated heterocycles. The molecule has 5 nitrogen and oxygen atoms in total. The Morgan fingerprint density at radius 1 is 1.05 bits per heavy atom. The molecular formula is C17H18N2O3. The van der Waals surface area contributed by atoms with Crippen molar-refractivity contribution in [3.63, 3.8) is 0 Å². The van der Waals surface area contributed by atoms with Crippen molar-refractivity contribution in [3.8, 4) is 5.75 Å². The van der Waals surface area contributed by atoms with Crippen LogP contribution in [0.5, 0.6) is 5.75 Å². The van der Waals surface area contributed by atoms with Gasteiger partial charge in [0, 0.05) is 5.69 Å². The number of aryl methyl sites for hydroxylation is 1. The molecule has 0 saturated carbocycles. The molecule has 2 amide bonds. The lowest BCUT2D eigenvalue weighted by atomic mass is 10.2. The van der Waals surface area contributed by atoms with Gasteiger partial charge in [0.2, 0.25) is 5.91 Å². The number of carbonyl (C=O) groups is 2. The summed E-state index contributed by atoms with van der Waals surface area (Å²) in [5, 5.41) is 5.23. The van der Waals surface area contributed by atoms with Crippen LogP contribution in [0, 0.1) is 6.92 Å². The summed E-state index contributed by atoms with van der Waals surface area (Å²) in [7, 11) is 0. The Kier molecular flexibility index (Phi) is 5.14. The van der Waals surface area contributed by atoms with Crippen LogP contribution in [0.3, 0.4) is 0 Å². The van der Waals surface area contributed by atoms with E-state index in [9.17, 15) is 9.59 Å². The van der Waals surface area contributed by atoms with Crippen molar-refractivity contribution >= 4 is 17.7 Å². The van der Waals surface area contributed by atoms with Gasteiger partial charge in [-0.25, -0.2) is 4.79 Å². The van der Waals surface area contributed by atoms with E-state index in [0.717, 1.165) is 5.56 Å². The summed E-state index contributed by atoms with van der Waals surface area (Å²) >= 11 is 0. The fourth-order valence-corrected chi connectivity index (χ4v) is 1.84. The van der Waals surface area contributed by atoms with Gasteiger partial charge in [-0.1, -0.05) is 30.3 Å². The van der Waals surface area contributed by atoms with Crippen LogP contribution < -0.4 is 15.4 Å². The quantitative estimate of drug-likeness (QED) is 0.911. The number of nitrogens with one attached hydrogen (secondary N) is 2. The van der Waals surface area contributed by atoms with Crippen molar-refractivity contribution in [2.45, 2.75) is 19.9 Å². The van der Waals surface area contributed by atoms with Gasteiger partial charge in [-0.15, -0.1) is 0 Å². The summed E-state index contributed by atoms with van der Waals surface area (Å²) in [6.45, 7) is 3.53. The van der Waals surface area contributed by atoms with Crippen LogP contribution in [0.25, 0.3) is 0 Å². The molecule has 0 aliphatic heterocycles. The van der Waals surface area contributed by atoms with E-state index >= 15 is 0 Å². The first-order valence-corrected chi connectivity index (χ1v) is 6.95. The van der Waals surface area contributed by atoms with Crippen molar-refractivity contribution in [1.82, 2.24) is 5.32 Å². The van der Waals surface area contributed by atoms with Crippen LogP contribution in [0.15, 0.2) is 54.6 Å². The molecule has 0 radical (unpaired) electrons. The average Bonchev–Trinajstić information content (AvgIpc) is 2.48. The summed E-state index contributed by atoms with van der Waals surface area (Å²) in [5.74, 6) is 0.113. The number of amides is 2. The normalized spacial score (nSPS) is 11.4. The Balaban J connectivity index is 1.87. The van der Waals surface area contributed by atoms with E-state index in [4.69, 9.17) is 4.74 Å². The number of hydrogen-bond donors (Lipinski definition) is 2. The van der Waals surface area contributed by atoms with Crippen LogP contribution in [0.2, 0.25) is 0 Å². The maximum absolute atomic E-state index is 12.0. The minimum atomic E-state index is -0.711. The number of rotatable bonds is 4. The summed E-state index contributed by atoms with van der Waals surface area (Å²) in [6.07, 6.45) is -0.668. The monoisotopic (exact) mass is 298 g/mol. The number of carbonyl (C=O) groups excluding carboxylic acids is 2. The van der Waals surface area contributed by atoms with Gasteiger partial charge in [-0.3, -0.25) is 4.79 Å². The van der Waals surface area contributed by atoms with Crippen LogP contribution in [-0.4, -0.2) is 18.0 Å². The molecule has 0 aliphatic rings. The van der Waals surface area contributed by atoms with Crippen LogP contribution >= 0.6 is 0 Å². The number of hydrogen-bond acceptors (Lipinski definition) is 3. The molecule has 1 atom stereocenters. The fourth-order valence-electron chi connectivity index (χ4n) is 1.84. The van der Waals surface area contributed by atoms with Crippen molar-refractivity contribution in [2.75, 3.05) is 5.32 Å². The summed E-state index contributed by atoms with van der Waals surface area (Å²) in [4.78, 5) is 23.8. The highest BCUT2D eigenvalue weighted by Crippen LogP contribution is 2.10. The van der Waals surface area contributed by atoms with Gasteiger partial charge in [0.15, 0.2) is 0 Å². The Hall–Kier alpha value is -2.82. The minimum absolute atomic E-state index is 0.310. The van der Waals surface area contributed by atoms with Gasteiger partial charge in [-0.05, 0) is 43.7 Å². The molecule has 0 unspecified atom stereocenters. The van der Waals surface area contributed by atoms with Gasteiger partial charge >= 0.3 is 6.09 Å². The Bertz CT molecular complexity index is 656. The lowest BCUT2D eigenvalue weighted by Crippen LogP contribution is -2.42. The smallest absolute Gasteiger partial charge is 0.410 e. The molecule has 0 heterocycles. The molecular weight excluding hydrogens is 280 g/mol. The Morgan fingerprint density at radius 3 is 2.45 bits per heavy atom. The van der Waals surface area contributed by atoms with E-state index in [0.29, 0.717) is 11.4 Å². The van der Waals surface area contributed by atoms with Gasteiger partial charge in [-0.2, -0.15) is 0 Å². The number of ether oxygens (including phenoxy) is 1. The fraction of sp³-hybridized carbons (Fsp3) is 0.176. The first-order chi connectivity index (χ1) is 10.5. The largest absolute Gasteiger partial charge is 0.413 e. The molecule has 2 N–H and O–H groups in total. The van der Waals surface area contributed by atoms with Crippen molar-refractivity contribution < 1.29 is 14.3 Å². The highest BCUT2D eigenvalue weighted by Gasteiger charge is 2.16. The second-order valence-electron chi connectivity index (χ2n) is 4.93. The molecule has 2 aromatic rings. The molecule has 0 aromatic heterocycles. The maximum atomic E-state index is 12.0. The Labute approximate surface area is 129 Å². The zero-order chi connectivity index (χ0) is 15.9. The molecule has 5 heteroatoms. The highest BCUT2D eigenvalue weighted by atomic mass is 16.6. The van der Waals surface area contributed by atoms with Gasteiger partial charge < -0.3 is 15.4 Å². The Morgan fingerprint density at radius 2 is 1.77 bits per heavy atom. The molecule has 2 aromatic carbocycles. The summed E-state index contributed by atoms with van der Waals surface area (Å²) in [5.41, 5.74) is 1.73. The molecule has 2 rings (SSSR count). The van der Waals surface area contributed by atoms with Crippen molar-refractivity contribution in [3.05, 3.63) is 60.2 Å². The van der Waals surface area contributed by atoms with E-state index in [1.807, 2.05) is 31.2 Å². The van der Waals surface area contributed by atoms with E-state index in [1.54, 1.807) is 37.3 Å². The number of para-hydroxylation sites is 1. The van der Waals surface area contributed by atoms with Crippen LogP contribution in [0.4, 0.5) is 10.5 Å². The topological polar surface area (TPSA) is 67.4 Å². The van der Waals surface area contributed by atoms with E-state index in [-0.39, 0.29) is 5.91 Å². The van der Waals surface area contributed by atoms with E-state index in [1.165, 1.54) is 0 Å². The molecule has 114 valence electrons. The van der Waals surface area contributed by atoms with Crippen molar-refractivity contribution in [2.24, 2.45) is 0 Å². The summed E-state index contributed by atoms with van der Waals surface area (Å²) in [6, 6.07) is 15.4. The first-order valence-electron chi connectivity index (χ1n) is 6.95. The van der Waals surface area contributed by atoms with Crippen molar-refractivity contribution in [1.29, 1.82) is 0 Å². The van der Waals surface area contributed by atoms with E-state index in [2.05, 4.69) is 10.6 Å². The van der Waals surface area contributed by atoms with E-state index < -0.39 is 12.1 Å². The predicted octanol–water partition coefficient (Wildman–Crippen LogP) is 3.11. The second-order valence-corrected chi connectivity index (χ2v) is 4.93. The number of anilines is 1. The standard InChI is InChI=1S/C17H18N2O3/c1-12-7-6-8-14(11-12)19-16(20)13(2)18-17(21)22-15-9-4-3-5-10-15/h3-11,13H,1-2H3,(H,18,21)(H,19,20)/t13-/m0/s1.